The highest BCUT2D eigenvalue weighted by Gasteiger charge is 2.36. The first-order chi connectivity index (χ1) is 16.4. The monoisotopic (exact) mass is 499 g/mol. The van der Waals surface area contributed by atoms with Crippen LogP contribution in [0.1, 0.15) is 27.6 Å². The number of carbonyl (C=O) groups excluding carboxylic acids is 1. The number of hydrogen-bond donors (Lipinski definition) is 0. The molecule has 1 amide bonds. The van der Waals surface area contributed by atoms with Crippen LogP contribution in [0.3, 0.4) is 0 Å². The van der Waals surface area contributed by atoms with Crippen molar-refractivity contribution in [3.8, 4) is 11.1 Å². The molecular formula is C26H24Cl2FN3O2. The third kappa shape index (κ3) is 4.43. The van der Waals surface area contributed by atoms with Crippen LogP contribution in [0.2, 0.25) is 10.0 Å². The molecule has 34 heavy (non-hydrogen) atoms. The Kier molecular flexibility index (Phi) is 6.58. The van der Waals surface area contributed by atoms with Crippen LogP contribution in [0.4, 0.5) is 4.39 Å². The summed E-state index contributed by atoms with van der Waals surface area (Å²) in [5.74, 6) is -0.515. The van der Waals surface area contributed by atoms with Crippen molar-refractivity contribution in [2.45, 2.75) is 19.1 Å². The Labute approximate surface area is 208 Å². The van der Waals surface area contributed by atoms with E-state index >= 15 is 0 Å². The van der Waals surface area contributed by atoms with Crippen molar-refractivity contribution in [2.24, 2.45) is 0 Å². The molecule has 2 atom stereocenters. The Hall–Kier alpha value is -2.51. The number of amides is 1. The lowest BCUT2D eigenvalue weighted by molar-refractivity contribution is -0.0858. The van der Waals surface area contributed by atoms with Crippen LogP contribution < -0.4 is 0 Å². The number of nitrogens with zero attached hydrogens (tertiary/aromatic N) is 3. The highest BCUT2D eigenvalue weighted by molar-refractivity contribution is 6.36. The lowest BCUT2D eigenvalue weighted by Crippen LogP contribution is -2.59. The topological polar surface area (TPSA) is 45.7 Å². The highest BCUT2D eigenvalue weighted by atomic mass is 35.5. The van der Waals surface area contributed by atoms with Gasteiger partial charge in [0, 0.05) is 44.1 Å². The van der Waals surface area contributed by atoms with Crippen LogP contribution in [0.25, 0.3) is 11.1 Å². The summed E-state index contributed by atoms with van der Waals surface area (Å²) >= 11 is 12.7. The minimum Gasteiger partial charge on any atom is -0.370 e. The summed E-state index contributed by atoms with van der Waals surface area (Å²) in [4.78, 5) is 21.8. The molecule has 5 rings (SSSR count). The van der Waals surface area contributed by atoms with Crippen molar-refractivity contribution in [2.75, 3.05) is 32.8 Å². The second kappa shape index (κ2) is 9.62. The average molecular weight is 500 g/mol. The van der Waals surface area contributed by atoms with E-state index in [4.69, 9.17) is 27.9 Å². The maximum atomic E-state index is 13.5. The first-order valence-electron chi connectivity index (χ1n) is 11.2. The molecule has 3 aromatic rings. The minimum absolute atomic E-state index is 0.0781. The molecule has 0 saturated carbocycles. The maximum Gasteiger partial charge on any atom is 0.255 e. The van der Waals surface area contributed by atoms with Crippen molar-refractivity contribution in [1.82, 2.24) is 14.8 Å². The zero-order chi connectivity index (χ0) is 23.8. The Morgan fingerprint density at radius 2 is 1.97 bits per heavy atom. The number of halogens is 3. The summed E-state index contributed by atoms with van der Waals surface area (Å²) in [5.41, 5.74) is 4.15. The fourth-order valence-electron chi connectivity index (χ4n) is 4.73. The van der Waals surface area contributed by atoms with Crippen LogP contribution >= 0.6 is 23.2 Å². The molecule has 2 aromatic carbocycles. The number of pyridine rings is 1. The number of ether oxygens (including phenoxy) is 1. The van der Waals surface area contributed by atoms with Crippen molar-refractivity contribution < 1.29 is 13.9 Å². The molecule has 8 heteroatoms. The Morgan fingerprint density at radius 1 is 1.12 bits per heavy atom. The molecular weight excluding hydrogens is 476 g/mol. The molecule has 0 radical (unpaired) electrons. The maximum absolute atomic E-state index is 13.5. The zero-order valence-electron chi connectivity index (χ0n) is 18.7. The molecule has 0 aliphatic carbocycles. The van der Waals surface area contributed by atoms with E-state index in [0.717, 1.165) is 28.8 Å². The highest BCUT2D eigenvalue weighted by Crippen LogP contribution is 2.34. The van der Waals surface area contributed by atoms with E-state index in [9.17, 15) is 9.18 Å². The predicted octanol–water partition coefficient (Wildman–Crippen LogP) is 5.40. The zero-order valence-corrected chi connectivity index (χ0v) is 20.2. The number of carbonyl (C=O) groups is 1. The van der Waals surface area contributed by atoms with Crippen LogP contribution in [0.5, 0.6) is 0 Å². The molecule has 176 valence electrons. The molecule has 1 aromatic heterocycles. The van der Waals surface area contributed by atoms with Gasteiger partial charge in [-0.1, -0.05) is 41.4 Å². The summed E-state index contributed by atoms with van der Waals surface area (Å²) < 4.78 is 19.6. The van der Waals surface area contributed by atoms with E-state index in [1.165, 1.54) is 6.07 Å². The average Bonchev–Trinajstić information content (AvgIpc) is 2.85. The second-order valence-electron chi connectivity index (χ2n) is 8.75. The molecule has 2 fully saturated rings. The van der Waals surface area contributed by atoms with Crippen LogP contribution in [0.15, 0.2) is 54.9 Å². The van der Waals surface area contributed by atoms with Gasteiger partial charge in [-0.05, 0) is 47.9 Å². The van der Waals surface area contributed by atoms with Crippen LogP contribution in [-0.4, -0.2) is 59.5 Å². The van der Waals surface area contributed by atoms with E-state index in [1.807, 2.05) is 30.0 Å². The van der Waals surface area contributed by atoms with E-state index in [0.29, 0.717) is 36.8 Å². The number of benzene rings is 2. The van der Waals surface area contributed by atoms with Crippen LogP contribution in [0, 0.1) is 12.7 Å². The van der Waals surface area contributed by atoms with Gasteiger partial charge in [-0.15, -0.1) is 0 Å². The van der Waals surface area contributed by atoms with Gasteiger partial charge in [0.05, 0.1) is 34.4 Å². The second-order valence-corrected chi connectivity index (χ2v) is 9.54. The number of rotatable bonds is 3. The van der Waals surface area contributed by atoms with E-state index in [2.05, 4.69) is 9.88 Å². The standard InChI is InChI=1S/C26H24Cl2FN3O2/c1-16-12-30-8-7-19(16)20-3-2-4-21(25(20)28)26(33)32-10-9-31-14-24(34-15-18(31)13-32)17-5-6-23(29)22(27)11-17/h2-8,11-12,18,24H,9-10,13-15H2,1H3/t18-,24-/m0/s1. The van der Waals surface area contributed by atoms with Crippen LogP contribution in [-0.2, 0) is 4.74 Å². The third-order valence-corrected chi connectivity index (χ3v) is 7.33. The smallest absolute Gasteiger partial charge is 0.255 e. The summed E-state index contributed by atoms with van der Waals surface area (Å²) in [6.45, 7) is 5.01. The largest absolute Gasteiger partial charge is 0.370 e. The molecule has 0 N–H and O–H groups in total. The van der Waals surface area contributed by atoms with Crippen molar-refractivity contribution in [3.63, 3.8) is 0 Å². The van der Waals surface area contributed by atoms with Gasteiger partial charge in [-0.2, -0.15) is 0 Å². The van der Waals surface area contributed by atoms with Crippen molar-refractivity contribution in [3.05, 3.63) is 87.4 Å². The fraction of sp³-hybridized carbons (Fsp3) is 0.308. The van der Waals surface area contributed by atoms with Gasteiger partial charge in [0.2, 0.25) is 0 Å². The molecule has 2 aliphatic rings. The van der Waals surface area contributed by atoms with Gasteiger partial charge in [0.15, 0.2) is 0 Å². The van der Waals surface area contributed by atoms with E-state index < -0.39 is 5.82 Å². The summed E-state index contributed by atoms with van der Waals surface area (Å²) in [6.07, 6.45) is 3.34. The van der Waals surface area contributed by atoms with Gasteiger partial charge in [0.1, 0.15) is 5.82 Å². The van der Waals surface area contributed by atoms with E-state index in [1.54, 1.807) is 30.6 Å². The molecule has 0 bridgehead atoms. The van der Waals surface area contributed by atoms with Crippen molar-refractivity contribution in [1.29, 1.82) is 0 Å². The molecule has 3 heterocycles. The van der Waals surface area contributed by atoms with Gasteiger partial charge >= 0.3 is 0 Å². The summed E-state index contributed by atoms with van der Waals surface area (Å²) in [6, 6.07) is 12.3. The number of aryl methyl sites for hydroxylation is 1. The van der Waals surface area contributed by atoms with Gasteiger partial charge in [-0.25, -0.2) is 4.39 Å². The van der Waals surface area contributed by atoms with Gasteiger partial charge in [0.25, 0.3) is 5.91 Å². The first kappa shape index (κ1) is 23.2. The summed E-state index contributed by atoms with van der Waals surface area (Å²) in [5, 5.41) is 0.553. The van der Waals surface area contributed by atoms with Crippen molar-refractivity contribution >= 4 is 29.1 Å². The Morgan fingerprint density at radius 3 is 2.76 bits per heavy atom. The minimum atomic E-state index is -0.437. The SMILES string of the molecule is Cc1cnccc1-c1cccc(C(=O)N2CCN3C[C@@H](c4ccc(F)c(Cl)c4)OC[C@@H]3C2)c1Cl. The fourth-order valence-corrected chi connectivity index (χ4v) is 5.23. The lowest BCUT2D eigenvalue weighted by atomic mass is 9.99. The summed E-state index contributed by atoms with van der Waals surface area (Å²) in [7, 11) is 0. The number of aromatic nitrogens is 1. The normalized spacial score (nSPS) is 20.8. The molecule has 0 spiro atoms. The molecule has 2 aliphatic heterocycles. The first-order valence-corrected chi connectivity index (χ1v) is 12.0. The number of hydrogen-bond acceptors (Lipinski definition) is 4. The molecule has 2 saturated heterocycles. The number of piperazine rings is 1. The molecule has 0 unspecified atom stereocenters. The third-order valence-electron chi connectivity index (χ3n) is 6.64. The lowest BCUT2D eigenvalue weighted by Gasteiger charge is -2.46. The van der Waals surface area contributed by atoms with Gasteiger partial charge < -0.3 is 9.64 Å². The Balaban J connectivity index is 1.30. The predicted molar refractivity (Wildman–Crippen MR) is 131 cm³/mol. The Bertz CT molecular complexity index is 1240. The van der Waals surface area contributed by atoms with E-state index in [-0.39, 0.29) is 23.1 Å². The number of morpholine rings is 1. The quantitative estimate of drug-likeness (QED) is 0.483. The molecule has 5 nitrogen and oxygen atoms in total. The number of fused-ring (bicyclic) bond motifs is 1. The van der Waals surface area contributed by atoms with Gasteiger partial charge in [-0.3, -0.25) is 14.7 Å².